The third kappa shape index (κ3) is 5.27. The van der Waals surface area contributed by atoms with Crippen LogP contribution in [0.5, 0.6) is 0 Å². The highest BCUT2D eigenvalue weighted by molar-refractivity contribution is 6.02. The number of hydrogen-bond acceptors (Lipinski definition) is 6. The molecule has 2 heterocycles. The van der Waals surface area contributed by atoms with Gasteiger partial charge in [-0.3, -0.25) is 19.7 Å². The van der Waals surface area contributed by atoms with E-state index in [1.165, 1.54) is 0 Å². The van der Waals surface area contributed by atoms with E-state index in [0.29, 0.717) is 11.6 Å². The molecule has 8 heteroatoms. The van der Waals surface area contributed by atoms with Gasteiger partial charge in [0.2, 0.25) is 5.91 Å². The zero-order valence-corrected chi connectivity index (χ0v) is 19.1. The highest BCUT2D eigenvalue weighted by atomic mass is 16.5. The summed E-state index contributed by atoms with van der Waals surface area (Å²) in [6.45, 7) is 4.38. The molecule has 0 spiro atoms. The summed E-state index contributed by atoms with van der Waals surface area (Å²) in [5.74, 6) is 0.233. The first-order valence-electron chi connectivity index (χ1n) is 11.4. The van der Waals surface area contributed by atoms with Crippen LogP contribution < -0.4 is 4.90 Å². The Kier molecular flexibility index (Phi) is 7.12. The number of para-hydroxylation sites is 1. The summed E-state index contributed by atoms with van der Waals surface area (Å²) in [4.78, 5) is 36.7. The molecule has 0 unspecified atom stereocenters. The Morgan fingerprint density at radius 3 is 2.55 bits per heavy atom. The van der Waals surface area contributed by atoms with E-state index >= 15 is 0 Å². The number of amides is 1. The van der Waals surface area contributed by atoms with E-state index < -0.39 is 5.97 Å². The maximum atomic E-state index is 13.8. The average molecular weight is 448 g/mol. The molecule has 3 aromatic rings. The zero-order chi connectivity index (χ0) is 23.2. The second-order valence-electron chi connectivity index (χ2n) is 8.44. The standard InChI is InChI=1S/C25H29N5O3/c1-3-33-25(32)22-17-30(21-7-5-4-6-8-21)28-23(22)29(16-20-15-26-13-14-27-20)24(31)19-11-9-18(2)10-12-19/h4-8,13-15,17-19H,3,9-12,16H2,1-2H3. The Labute approximate surface area is 193 Å². The van der Waals surface area contributed by atoms with E-state index in [2.05, 4.69) is 22.0 Å². The minimum absolute atomic E-state index is 0.0450. The summed E-state index contributed by atoms with van der Waals surface area (Å²) in [5, 5.41) is 4.68. The van der Waals surface area contributed by atoms with Crippen molar-refractivity contribution in [3.63, 3.8) is 0 Å². The molecule has 1 amide bonds. The predicted molar refractivity (Wildman–Crippen MR) is 124 cm³/mol. The minimum atomic E-state index is -0.510. The highest BCUT2D eigenvalue weighted by Gasteiger charge is 2.33. The minimum Gasteiger partial charge on any atom is -0.462 e. The normalized spacial score (nSPS) is 18.0. The number of ether oxygens (including phenoxy) is 1. The van der Waals surface area contributed by atoms with E-state index in [4.69, 9.17) is 4.74 Å². The second kappa shape index (κ2) is 10.4. The Balaban J connectivity index is 1.76. The molecular weight excluding hydrogens is 418 g/mol. The van der Waals surface area contributed by atoms with Crippen LogP contribution in [-0.4, -0.2) is 38.2 Å². The maximum Gasteiger partial charge on any atom is 0.343 e. The van der Waals surface area contributed by atoms with E-state index in [1.54, 1.807) is 41.3 Å². The quantitative estimate of drug-likeness (QED) is 0.504. The van der Waals surface area contributed by atoms with Crippen molar-refractivity contribution < 1.29 is 14.3 Å². The molecule has 4 rings (SSSR count). The molecule has 0 atom stereocenters. The number of hydrogen-bond donors (Lipinski definition) is 0. The number of esters is 1. The van der Waals surface area contributed by atoms with Gasteiger partial charge in [0.1, 0.15) is 5.56 Å². The molecule has 8 nitrogen and oxygen atoms in total. The maximum absolute atomic E-state index is 13.8. The van der Waals surface area contributed by atoms with Gasteiger partial charge in [-0.15, -0.1) is 5.10 Å². The van der Waals surface area contributed by atoms with Gasteiger partial charge in [0.25, 0.3) is 0 Å². The van der Waals surface area contributed by atoms with Crippen LogP contribution in [-0.2, 0) is 16.1 Å². The van der Waals surface area contributed by atoms with Gasteiger partial charge in [0, 0.05) is 24.5 Å². The van der Waals surface area contributed by atoms with Crippen molar-refractivity contribution in [1.29, 1.82) is 0 Å². The van der Waals surface area contributed by atoms with Crippen molar-refractivity contribution in [2.24, 2.45) is 11.8 Å². The van der Waals surface area contributed by atoms with E-state index in [1.807, 2.05) is 30.3 Å². The van der Waals surface area contributed by atoms with Gasteiger partial charge >= 0.3 is 5.97 Å². The number of benzene rings is 1. The molecule has 0 aliphatic heterocycles. The van der Waals surface area contributed by atoms with Crippen molar-refractivity contribution in [1.82, 2.24) is 19.7 Å². The van der Waals surface area contributed by atoms with Gasteiger partial charge in [-0.1, -0.05) is 25.1 Å². The van der Waals surface area contributed by atoms with Crippen molar-refractivity contribution in [2.45, 2.75) is 46.1 Å². The summed E-state index contributed by atoms with van der Waals surface area (Å²) in [6, 6.07) is 9.49. The molecule has 1 aliphatic rings. The van der Waals surface area contributed by atoms with Crippen LogP contribution in [0.2, 0.25) is 0 Å². The third-order valence-electron chi connectivity index (χ3n) is 6.03. The van der Waals surface area contributed by atoms with Gasteiger partial charge in [-0.2, -0.15) is 0 Å². The van der Waals surface area contributed by atoms with Crippen LogP contribution in [0.4, 0.5) is 5.82 Å². The summed E-state index contributed by atoms with van der Waals surface area (Å²) >= 11 is 0. The summed E-state index contributed by atoms with van der Waals surface area (Å²) in [6.07, 6.45) is 10.1. The molecule has 33 heavy (non-hydrogen) atoms. The lowest BCUT2D eigenvalue weighted by Gasteiger charge is -2.30. The number of nitrogens with zero attached hydrogens (tertiary/aromatic N) is 5. The monoisotopic (exact) mass is 447 g/mol. The first-order valence-corrected chi connectivity index (χ1v) is 11.4. The fraction of sp³-hybridized carbons (Fsp3) is 0.400. The van der Waals surface area contributed by atoms with Gasteiger partial charge < -0.3 is 4.74 Å². The van der Waals surface area contributed by atoms with E-state index in [9.17, 15) is 9.59 Å². The third-order valence-corrected chi connectivity index (χ3v) is 6.03. The molecule has 0 bridgehead atoms. The van der Waals surface area contributed by atoms with Crippen LogP contribution in [0.25, 0.3) is 5.69 Å². The second-order valence-corrected chi connectivity index (χ2v) is 8.44. The Morgan fingerprint density at radius 1 is 1.12 bits per heavy atom. The lowest BCUT2D eigenvalue weighted by atomic mass is 9.82. The van der Waals surface area contributed by atoms with Gasteiger partial charge in [-0.25, -0.2) is 9.48 Å². The van der Waals surface area contributed by atoms with Gasteiger partial charge in [0.15, 0.2) is 5.82 Å². The SMILES string of the molecule is CCOC(=O)c1cn(-c2ccccc2)nc1N(Cc1cnccn1)C(=O)C1CCC(C)CC1. The zero-order valence-electron chi connectivity index (χ0n) is 19.1. The van der Waals surface area contributed by atoms with Crippen LogP contribution in [0.3, 0.4) is 0 Å². The molecule has 0 N–H and O–H groups in total. The van der Waals surface area contributed by atoms with Crippen LogP contribution in [0.1, 0.15) is 55.6 Å². The van der Waals surface area contributed by atoms with Gasteiger partial charge in [0.05, 0.1) is 30.7 Å². The summed E-state index contributed by atoms with van der Waals surface area (Å²) in [7, 11) is 0. The van der Waals surface area contributed by atoms with Gasteiger partial charge in [-0.05, 0) is 50.7 Å². The van der Waals surface area contributed by atoms with E-state index in [-0.39, 0.29) is 36.4 Å². The predicted octanol–water partition coefficient (Wildman–Crippen LogP) is 4.20. The molecule has 1 aliphatic carbocycles. The molecule has 2 aromatic heterocycles. The van der Waals surface area contributed by atoms with Crippen molar-refractivity contribution in [3.8, 4) is 5.69 Å². The number of carbonyl (C=O) groups is 2. The molecule has 0 radical (unpaired) electrons. The number of aromatic nitrogens is 4. The number of rotatable bonds is 7. The fourth-order valence-corrected chi connectivity index (χ4v) is 4.19. The summed E-state index contributed by atoms with van der Waals surface area (Å²) < 4.78 is 6.91. The average Bonchev–Trinajstić information content (AvgIpc) is 3.29. The molecule has 1 fully saturated rings. The van der Waals surface area contributed by atoms with Crippen molar-refractivity contribution in [3.05, 3.63) is 66.4 Å². The Bertz CT molecular complexity index is 1080. The Morgan fingerprint density at radius 2 is 1.88 bits per heavy atom. The molecule has 1 aromatic carbocycles. The fourth-order valence-electron chi connectivity index (χ4n) is 4.19. The molecular formula is C25H29N5O3. The van der Waals surface area contributed by atoms with Crippen LogP contribution in [0.15, 0.2) is 55.1 Å². The molecule has 1 saturated carbocycles. The van der Waals surface area contributed by atoms with Crippen molar-refractivity contribution in [2.75, 3.05) is 11.5 Å². The molecule has 0 saturated heterocycles. The first-order chi connectivity index (χ1) is 16.1. The van der Waals surface area contributed by atoms with Crippen LogP contribution >= 0.6 is 0 Å². The van der Waals surface area contributed by atoms with E-state index in [0.717, 1.165) is 31.4 Å². The molecule has 172 valence electrons. The first kappa shape index (κ1) is 22.6. The largest absolute Gasteiger partial charge is 0.462 e. The lowest BCUT2D eigenvalue weighted by molar-refractivity contribution is -0.123. The Hall–Kier alpha value is -3.55. The highest BCUT2D eigenvalue weighted by Crippen LogP contribution is 2.32. The lowest BCUT2D eigenvalue weighted by Crippen LogP contribution is -2.38. The van der Waals surface area contributed by atoms with Crippen molar-refractivity contribution >= 4 is 17.7 Å². The number of anilines is 1. The smallest absolute Gasteiger partial charge is 0.343 e. The number of carbonyl (C=O) groups excluding carboxylic acids is 2. The summed E-state index contributed by atoms with van der Waals surface area (Å²) in [5.41, 5.74) is 1.66. The topological polar surface area (TPSA) is 90.2 Å². The van der Waals surface area contributed by atoms with Crippen LogP contribution in [0, 0.1) is 11.8 Å².